The Kier molecular flexibility index (Phi) is 5.19. The second-order valence-corrected chi connectivity index (χ2v) is 9.22. The highest BCUT2D eigenvalue weighted by Gasteiger charge is 2.39. The Hall–Kier alpha value is -3.23. The van der Waals surface area contributed by atoms with Crippen molar-refractivity contribution in [3.8, 4) is 0 Å². The highest BCUT2D eigenvalue weighted by molar-refractivity contribution is 6.10. The number of benzene rings is 1. The molecule has 3 amide bonds. The molecule has 2 aliphatic heterocycles. The predicted molar refractivity (Wildman–Crippen MR) is 116 cm³/mol. The first kappa shape index (κ1) is 20.7. The first-order chi connectivity index (χ1) is 15.4. The summed E-state index contributed by atoms with van der Waals surface area (Å²) in [6, 6.07) is 7.19. The summed E-state index contributed by atoms with van der Waals surface area (Å²) >= 11 is 0. The second-order valence-electron chi connectivity index (χ2n) is 9.22. The number of aromatic nitrogens is 2. The summed E-state index contributed by atoms with van der Waals surface area (Å²) in [6.45, 7) is 3.30. The van der Waals surface area contributed by atoms with Crippen molar-refractivity contribution >= 4 is 29.1 Å². The number of piperidine rings is 1. The first-order valence-corrected chi connectivity index (χ1v) is 11.2. The smallest absolute Gasteiger partial charge is 0.244 e. The predicted octanol–water partition coefficient (Wildman–Crippen LogP) is 2.59. The van der Waals surface area contributed by atoms with E-state index in [0.29, 0.717) is 30.4 Å². The zero-order valence-corrected chi connectivity index (χ0v) is 18.2. The molecular weight excluding hydrogens is 410 g/mol. The number of carbonyl (C=O) groups excluding carboxylic acids is 3. The lowest BCUT2D eigenvalue weighted by molar-refractivity contribution is -0.134. The number of carbonyl (C=O) groups is 3. The Morgan fingerprint density at radius 1 is 1.16 bits per heavy atom. The molecule has 9 heteroatoms. The van der Waals surface area contributed by atoms with Crippen LogP contribution in [0.5, 0.6) is 0 Å². The summed E-state index contributed by atoms with van der Waals surface area (Å²) in [5.41, 5.74) is 1.09. The Bertz CT molecular complexity index is 1050. The van der Waals surface area contributed by atoms with E-state index in [-0.39, 0.29) is 42.5 Å². The van der Waals surface area contributed by atoms with E-state index in [1.807, 2.05) is 17.0 Å². The van der Waals surface area contributed by atoms with Crippen LogP contribution in [0.15, 0.2) is 28.8 Å². The van der Waals surface area contributed by atoms with Crippen molar-refractivity contribution in [2.24, 2.45) is 0 Å². The van der Waals surface area contributed by atoms with Crippen LogP contribution in [0.4, 0.5) is 11.4 Å². The maximum Gasteiger partial charge on any atom is 0.244 e. The van der Waals surface area contributed by atoms with Crippen LogP contribution in [-0.2, 0) is 19.8 Å². The lowest BCUT2D eigenvalue weighted by Crippen LogP contribution is -2.45. The molecule has 168 valence electrons. The van der Waals surface area contributed by atoms with Gasteiger partial charge in [-0.3, -0.25) is 14.4 Å². The molecule has 1 saturated carbocycles. The van der Waals surface area contributed by atoms with Crippen LogP contribution in [0, 0.1) is 0 Å². The molecule has 2 aromatic rings. The number of fused-ring (bicyclic) bond motifs is 1. The van der Waals surface area contributed by atoms with Crippen LogP contribution < -0.4 is 10.2 Å². The van der Waals surface area contributed by atoms with Gasteiger partial charge >= 0.3 is 0 Å². The lowest BCUT2D eigenvalue weighted by atomic mass is 9.79. The van der Waals surface area contributed by atoms with Gasteiger partial charge in [0.2, 0.25) is 23.6 Å². The first-order valence-electron chi connectivity index (χ1n) is 11.2. The van der Waals surface area contributed by atoms with Crippen molar-refractivity contribution < 1.29 is 18.9 Å². The SMILES string of the molecule is CC1(c2noc(C3CC3)n2)CCN(C(=O)CCC(=O)N2CC(=O)Nc3ccccc32)CC1. The van der Waals surface area contributed by atoms with Crippen LogP contribution in [0.2, 0.25) is 0 Å². The number of hydrogen-bond donors (Lipinski definition) is 1. The van der Waals surface area contributed by atoms with Gasteiger partial charge in [-0.05, 0) is 37.8 Å². The molecule has 0 atom stereocenters. The standard InChI is InChI=1S/C23H27N5O4/c1-23(22-25-21(32-26-22)15-6-7-15)10-12-27(13-11-23)19(30)8-9-20(31)28-14-18(29)24-16-4-2-3-5-17(16)28/h2-5,15H,6-14H2,1H3,(H,24,29). The fraction of sp³-hybridized carbons (Fsp3) is 0.522. The minimum absolute atomic E-state index is 0.0281. The molecule has 1 aromatic carbocycles. The summed E-state index contributed by atoms with van der Waals surface area (Å²) in [5, 5.41) is 6.97. The van der Waals surface area contributed by atoms with Gasteiger partial charge in [0.05, 0.1) is 11.4 Å². The fourth-order valence-electron chi connectivity index (χ4n) is 4.41. The van der Waals surface area contributed by atoms with Crippen molar-refractivity contribution in [1.29, 1.82) is 0 Å². The van der Waals surface area contributed by atoms with E-state index in [9.17, 15) is 14.4 Å². The molecule has 9 nitrogen and oxygen atoms in total. The Morgan fingerprint density at radius 3 is 2.62 bits per heavy atom. The van der Waals surface area contributed by atoms with Gasteiger partial charge in [-0.15, -0.1) is 0 Å². The molecule has 32 heavy (non-hydrogen) atoms. The minimum Gasteiger partial charge on any atom is -0.343 e. The van der Waals surface area contributed by atoms with E-state index >= 15 is 0 Å². The number of likely N-dealkylation sites (tertiary alicyclic amines) is 1. The fourth-order valence-corrected chi connectivity index (χ4v) is 4.41. The third-order valence-electron chi connectivity index (χ3n) is 6.75. The Morgan fingerprint density at radius 2 is 1.88 bits per heavy atom. The molecule has 1 aliphatic carbocycles. The Labute approximate surface area is 186 Å². The van der Waals surface area contributed by atoms with Gasteiger partial charge in [-0.2, -0.15) is 4.98 Å². The zero-order valence-electron chi connectivity index (χ0n) is 18.2. The zero-order chi connectivity index (χ0) is 22.3. The number of amides is 3. The molecule has 0 bridgehead atoms. The topological polar surface area (TPSA) is 109 Å². The van der Waals surface area contributed by atoms with Gasteiger partial charge in [0.25, 0.3) is 0 Å². The summed E-state index contributed by atoms with van der Waals surface area (Å²) in [5.74, 6) is 1.42. The molecule has 3 aliphatic rings. The third-order valence-corrected chi connectivity index (χ3v) is 6.75. The molecule has 3 heterocycles. The van der Waals surface area contributed by atoms with Crippen molar-refractivity contribution in [2.75, 3.05) is 29.9 Å². The summed E-state index contributed by atoms with van der Waals surface area (Å²) in [7, 11) is 0. The maximum absolute atomic E-state index is 12.8. The van der Waals surface area contributed by atoms with Crippen LogP contribution in [0.25, 0.3) is 0 Å². The van der Waals surface area contributed by atoms with Crippen molar-refractivity contribution in [1.82, 2.24) is 15.0 Å². The molecule has 5 rings (SSSR count). The van der Waals surface area contributed by atoms with E-state index in [2.05, 4.69) is 22.4 Å². The van der Waals surface area contributed by atoms with Gasteiger partial charge in [0, 0.05) is 37.3 Å². The molecule has 0 unspecified atom stereocenters. The maximum atomic E-state index is 12.8. The van der Waals surface area contributed by atoms with Gasteiger partial charge in [-0.1, -0.05) is 24.2 Å². The summed E-state index contributed by atoms with van der Waals surface area (Å²) < 4.78 is 5.42. The van der Waals surface area contributed by atoms with Crippen molar-refractivity contribution in [3.63, 3.8) is 0 Å². The van der Waals surface area contributed by atoms with Gasteiger partial charge in [0.1, 0.15) is 6.54 Å². The van der Waals surface area contributed by atoms with Gasteiger partial charge in [-0.25, -0.2) is 0 Å². The molecular formula is C23H27N5O4. The van der Waals surface area contributed by atoms with Crippen molar-refractivity contribution in [3.05, 3.63) is 36.0 Å². The largest absolute Gasteiger partial charge is 0.343 e. The second kappa shape index (κ2) is 8.03. The van der Waals surface area contributed by atoms with E-state index in [1.165, 1.54) is 4.90 Å². The molecule has 1 aromatic heterocycles. The number of nitrogens with zero attached hydrogens (tertiary/aromatic N) is 4. The summed E-state index contributed by atoms with van der Waals surface area (Å²) in [6.07, 6.45) is 3.96. The van der Waals surface area contributed by atoms with Crippen molar-refractivity contribution in [2.45, 2.75) is 56.8 Å². The number of para-hydroxylation sites is 2. The lowest BCUT2D eigenvalue weighted by Gasteiger charge is -2.37. The normalized spacial score (nSPS) is 20.0. The van der Waals surface area contributed by atoms with E-state index < -0.39 is 0 Å². The third kappa shape index (κ3) is 3.99. The molecule has 2 fully saturated rings. The van der Waals surface area contributed by atoms with E-state index in [1.54, 1.807) is 12.1 Å². The molecule has 1 saturated heterocycles. The van der Waals surface area contributed by atoms with Crippen LogP contribution in [-0.4, -0.2) is 52.4 Å². The van der Waals surface area contributed by atoms with E-state index in [4.69, 9.17) is 4.52 Å². The van der Waals surface area contributed by atoms with Crippen LogP contribution in [0.3, 0.4) is 0 Å². The summed E-state index contributed by atoms with van der Waals surface area (Å²) in [4.78, 5) is 45.4. The Balaban J connectivity index is 1.15. The van der Waals surface area contributed by atoms with Gasteiger partial charge < -0.3 is 19.6 Å². The highest BCUT2D eigenvalue weighted by Crippen LogP contribution is 2.41. The van der Waals surface area contributed by atoms with Crippen LogP contribution >= 0.6 is 0 Å². The highest BCUT2D eigenvalue weighted by atomic mass is 16.5. The monoisotopic (exact) mass is 437 g/mol. The molecule has 0 spiro atoms. The van der Waals surface area contributed by atoms with Crippen LogP contribution in [0.1, 0.15) is 63.1 Å². The number of nitrogens with one attached hydrogen (secondary N) is 1. The van der Waals surface area contributed by atoms with Gasteiger partial charge in [0.15, 0.2) is 5.82 Å². The number of hydrogen-bond acceptors (Lipinski definition) is 6. The van der Waals surface area contributed by atoms with E-state index in [0.717, 1.165) is 37.4 Å². The average molecular weight is 438 g/mol. The minimum atomic E-state index is -0.231. The quantitative estimate of drug-likeness (QED) is 0.770. The number of anilines is 2. The average Bonchev–Trinajstić information content (AvgIpc) is 3.52. The molecule has 1 N–H and O–H groups in total. The number of rotatable bonds is 5. The molecule has 0 radical (unpaired) electrons.